The lowest BCUT2D eigenvalue weighted by Crippen LogP contribution is -2.40. The van der Waals surface area contributed by atoms with Crippen molar-refractivity contribution in [3.63, 3.8) is 0 Å². The van der Waals surface area contributed by atoms with E-state index in [-0.39, 0.29) is 5.91 Å². The molecule has 1 fully saturated rings. The van der Waals surface area contributed by atoms with Crippen molar-refractivity contribution in [1.29, 1.82) is 0 Å². The highest BCUT2D eigenvalue weighted by Gasteiger charge is 2.22. The fraction of sp³-hybridized carbons (Fsp3) is 0.360. The van der Waals surface area contributed by atoms with Crippen LogP contribution >= 0.6 is 0 Å². The van der Waals surface area contributed by atoms with Crippen molar-refractivity contribution in [2.75, 3.05) is 25.0 Å². The van der Waals surface area contributed by atoms with E-state index in [1.807, 2.05) is 24.4 Å². The molecule has 1 aliphatic rings. The van der Waals surface area contributed by atoms with E-state index >= 15 is 0 Å². The van der Waals surface area contributed by atoms with Crippen molar-refractivity contribution in [3.05, 3.63) is 72.1 Å². The van der Waals surface area contributed by atoms with Crippen LogP contribution in [0.2, 0.25) is 0 Å². The van der Waals surface area contributed by atoms with E-state index in [0.717, 1.165) is 55.1 Å². The van der Waals surface area contributed by atoms with E-state index in [4.69, 9.17) is 0 Å². The molecule has 2 aromatic carbocycles. The van der Waals surface area contributed by atoms with Gasteiger partial charge < -0.3 is 9.88 Å². The highest BCUT2D eigenvalue weighted by atomic mass is 16.2. The molecule has 1 aromatic heterocycles. The third kappa shape index (κ3) is 4.79. The summed E-state index contributed by atoms with van der Waals surface area (Å²) in [7, 11) is 0. The lowest BCUT2D eigenvalue weighted by molar-refractivity contribution is -0.117. The highest BCUT2D eigenvalue weighted by Crippen LogP contribution is 2.23. The zero-order valence-electron chi connectivity index (χ0n) is 17.8. The maximum atomic E-state index is 12.5. The molecule has 5 heteroatoms. The Labute approximate surface area is 178 Å². The van der Waals surface area contributed by atoms with Gasteiger partial charge in [-0.05, 0) is 62.9 Å². The number of nitrogens with zero attached hydrogens (tertiary/aromatic N) is 3. The molecule has 1 amide bonds. The van der Waals surface area contributed by atoms with Crippen molar-refractivity contribution in [2.24, 2.45) is 5.92 Å². The average molecular weight is 403 g/mol. The van der Waals surface area contributed by atoms with Gasteiger partial charge in [0.05, 0.1) is 6.54 Å². The zero-order valence-corrected chi connectivity index (χ0v) is 17.8. The molecule has 0 aliphatic carbocycles. The number of benzene rings is 2. The molecule has 1 N–H and O–H groups in total. The molecule has 1 aliphatic heterocycles. The molecule has 0 unspecified atom stereocenters. The summed E-state index contributed by atoms with van der Waals surface area (Å²) in [6.07, 6.45) is 6.16. The molecule has 5 nitrogen and oxygen atoms in total. The summed E-state index contributed by atoms with van der Waals surface area (Å²) < 4.78 is 2.27. The number of anilines is 1. The number of aromatic nitrogens is 2. The summed E-state index contributed by atoms with van der Waals surface area (Å²) in [6, 6.07) is 16.4. The summed E-state index contributed by atoms with van der Waals surface area (Å²) >= 11 is 0. The molecule has 156 valence electrons. The van der Waals surface area contributed by atoms with Crippen LogP contribution in [-0.4, -0.2) is 40.0 Å². The van der Waals surface area contributed by atoms with Crippen molar-refractivity contribution >= 4 is 11.6 Å². The number of carbonyl (C=O) groups is 1. The molecular formula is C25H30N4O. The SMILES string of the molecule is Cc1cccc(NC(=O)CN2CCC(Cn3ccnc3-c3ccccc3)CC2)c1C. The van der Waals surface area contributed by atoms with Crippen molar-refractivity contribution in [1.82, 2.24) is 14.5 Å². The summed E-state index contributed by atoms with van der Waals surface area (Å²) in [5.74, 6) is 1.72. The smallest absolute Gasteiger partial charge is 0.238 e. The first-order valence-electron chi connectivity index (χ1n) is 10.7. The van der Waals surface area contributed by atoms with Gasteiger partial charge in [-0.2, -0.15) is 0 Å². The number of likely N-dealkylation sites (tertiary alicyclic amines) is 1. The summed E-state index contributed by atoms with van der Waals surface area (Å²) in [6.45, 7) is 7.48. The minimum absolute atomic E-state index is 0.0723. The maximum absolute atomic E-state index is 12.5. The number of carbonyl (C=O) groups excluding carboxylic acids is 1. The lowest BCUT2D eigenvalue weighted by Gasteiger charge is -2.32. The Kier molecular flexibility index (Phi) is 6.29. The van der Waals surface area contributed by atoms with Gasteiger partial charge in [-0.3, -0.25) is 9.69 Å². The van der Waals surface area contributed by atoms with Crippen LogP contribution < -0.4 is 5.32 Å². The molecule has 0 spiro atoms. The normalized spacial score (nSPS) is 15.3. The van der Waals surface area contributed by atoms with Crippen LogP contribution in [0.25, 0.3) is 11.4 Å². The first-order valence-corrected chi connectivity index (χ1v) is 10.7. The topological polar surface area (TPSA) is 50.2 Å². The van der Waals surface area contributed by atoms with Crippen LogP contribution in [0, 0.1) is 19.8 Å². The molecule has 0 saturated carbocycles. The van der Waals surface area contributed by atoms with E-state index in [9.17, 15) is 4.79 Å². The van der Waals surface area contributed by atoms with Gasteiger partial charge in [-0.25, -0.2) is 4.98 Å². The second kappa shape index (κ2) is 9.26. The minimum atomic E-state index is 0.0723. The number of piperidine rings is 1. The number of imidazole rings is 1. The maximum Gasteiger partial charge on any atom is 0.238 e. The monoisotopic (exact) mass is 402 g/mol. The number of hydrogen-bond donors (Lipinski definition) is 1. The van der Waals surface area contributed by atoms with E-state index < -0.39 is 0 Å². The van der Waals surface area contributed by atoms with Crippen LogP contribution in [0.4, 0.5) is 5.69 Å². The van der Waals surface area contributed by atoms with Gasteiger partial charge >= 0.3 is 0 Å². The average Bonchev–Trinajstić information content (AvgIpc) is 3.21. The summed E-state index contributed by atoms with van der Waals surface area (Å²) in [5.41, 5.74) is 4.41. The van der Waals surface area contributed by atoms with Crippen LogP contribution in [-0.2, 0) is 11.3 Å². The summed E-state index contributed by atoms with van der Waals surface area (Å²) in [5, 5.41) is 3.08. The molecule has 30 heavy (non-hydrogen) atoms. The van der Waals surface area contributed by atoms with Gasteiger partial charge in [0.25, 0.3) is 0 Å². The molecule has 0 bridgehead atoms. The first kappa shape index (κ1) is 20.4. The zero-order chi connectivity index (χ0) is 20.9. The number of amides is 1. The van der Waals surface area contributed by atoms with Gasteiger partial charge in [-0.15, -0.1) is 0 Å². The van der Waals surface area contributed by atoms with Crippen molar-refractivity contribution in [3.8, 4) is 11.4 Å². The fourth-order valence-corrected chi connectivity index (χ4v) is 4.19. The highest BCUT2D eigenvalue weighted by molar-refractivity contribution is 5.93. The third-order valence-electron chi connectivity index (χ3n) is 6.16. The molecule has 0 radical (unpaired) electrons. The second-order valence-electron chi connectivity index (χ2n) is 8.28. The van der Waals surface area contributed by atoms with Gasteiger partial charge in [-0.1, -0.05) is 42.5 Å². The predicted octanol–water partition coefficient (Wildman–Crippen LogP) is 4.52. The molecular weight excluding hydrogens is 372 g/mol. The van der Waals surface area contributed by atoms with E-state index in [1.54, 1.807) is 0 Å². The number of nitrogens with one attached hydrogen (secondary N) is 1. The van der Waals surface area contributed by atoms with Crippen LogP contribution in [0.5, 0.6) is 0 Å². The van der Waals surface area contributed by atoms with Crippen molar-refractivity contribution < 1.29 is 4.79 Å². The first-order chi connectivity index (χ1) is 14.6. The Balaban J connectivity index is 1.28. The Morgan fingerprint density at radius 2 is 1.83 bits per heavy atom. The quantitative estimate of drug-likeness (QED) is 0.660. The second-order valence-corrected chi connectivity index (χ2v) is 8.28. The Hall–Kier alpha value is -2.92. The third-order valence-corrected chi connectivity index (χ3v) is 6.16. The Bertz CT molecular complexity index is 987. The number of rotatable bonds is 6. The molecule has 3 aromatic rings. The lowest BCUT2D eigenvalue weighted by atomic mass is 9.96. The van der Waals surface area contributed by atoms with Crippen molar-refractivity contribution in [2.45, 2.75) is 33.2 Å². The standard InChI is InChI=1S/C25H30N4O/c1-19-7-6-10-23(20(19)2)27-24(30)18-28-14-11-21(12-15-28)17-29-16-13-26-25(29)22-8-4-3-5-9-22/h3-10,13,16,21H,11-12,14-15,17-18H2,1-2H3,(H,27,30). The molecule has 4 rings (SSSR count). The largest absolute Gasteiger partial charge is 0.331 e. The molecule has 1 saturated heterocycles. The molecule has 0 atom stereocenters. The van der Waals surface area contributed by atoms with Crippen LogP contribution in [0.15, 0.2) is 60.9 Å². The van der Waals surface area contributed by atoms with Gasteiger partial charge in [0.1, 0.15) is 5.82 Å². The van der Waals surface area contributed by atoms with Gasteiger partial charge in [0, 0.05) is 30.2 Å². The van der Waals surface area contributed by atoms with E-state index in [1.165, 1.54) is 5.56 Å². The van der Waals surface area contributed by atoms with E-state index in [2.05, 4.69) is 70.1 Å². The summed E-state index contributed by atoms with van der Waals surface area (Å²) in [4.78, 5) is 19.3. The number of hydrogen-bond acceptors (Lipinski definition) is 3. The van der Waals surface area contributed by atoms with Gasteiger partial charge in [0.2, 0.25) is 5.91 Å². The van der Waals surface area contributed by atoms with Crippen LogP contribution in [0.3, 0.4) is 0 Å². The molecule has 2 heterocycles. The minimum Gasteiger partial charge on any atom is -0.331 e. The Morgan fingerprint density at radius 1 is 1.07 bits per heavy atom. The predicted molar refractivity (Wildman–Crippen MR) is 121 cm³/mol. The van der Waals surface area contributed by atoms with Crippen LogP contribution in [0.1, 0.15) is 24.0 Å². The number of aryl methyl sites for hydroxylation is 1. The van der Waals surface area contributed by atoms with E-state index in [0.29, 0.717) is 12.5 Å². The fourth-order valence-electron chi connectivity index (χ4n) is 4.19. The van der Waals surface area contributed by atoms with Gasteiger partial charge in [0.15, 0.2) is 0 Å². The Morgan fingerprint density at radius 3 is 2.60 bits per heavy atom.